The Morgan fingerprint density at radius 2 is 2.12 bits per heavy atom. The van der Waals surface area contributed by atoms with Gasteiger partial charge in [-0.1, -0.05) is 35.5 Å². The van der Waals surface area contributed by atoms with Gasteiger partial charge in [0.2, 0.25) is 11.7 Å². The lowest BCUT2D eigenvalue weighted by atomic mass is 10.1. The Labute approximate surface area is 146 Å². The second-order valence-electron chi connectivity index (χ2n) is 6.10. The van der Waals surface area contributed by atoms with Crippen LogP contribution in [0.1, 0.15) is 24.5 Å². The fraction of sp³-hybridized carbons (Fsp3) is 0.389. The van der Waals surface area contributed by atoms with Crippen LogP contribution in [0.25, 0.3) is 11.4 Å². The van der Waals surface area contributed by atoms with Gasteiger partial charge >= 0.3 is 0 Å². The van der Waals surface area contributed by atoms with Crippen molar-refractivity contribution >= 4 is 0 Å². The lowest BCUT2D eigenvalue weighted by molar-refractivity contribution is -0.0356. The third-order valence-corrected chi connectivity index (χ3v) is 4.36. The van der Waals surface area contributed by atoms with Gasteiger partial charge in [-0.3, -0.25) is 9.58 Å². The molecule has 3 heterocycles. The highest BCUT2D eigenvalue weighted by Crippen LogP contribution is 2.23. The Kier molecular flexibility index (Phi) is 4.58. The van der Waals surface area contributed by atoms with Crippen molar-refractivity contribution in [1.29, 1.82) is 0 Å². The van der Waals surface area contributed by atoms with Crippen molar-refractivity contribution in [3.05, 3.63) is 54.2 Å². The molecule has 1 unspecified atom stereocenters. The van der Waals surface area contributed by atoms with E-state index in [1.807, 2.05) is 47.4 Å². The Hall–Kier alpha value is -2.51. The first-order valence-corrected chi connectivity index (χ1v) is 8.56. The standard InChI is InChI=1S/C18H21N5O2/c1-2-23-11-15(10-19-23)16-12-22(8-9-24-16)13-17-20-18(21-25-17)14-6-4-3-5-7-14/h3-7,10-11,16H,2,8-9,12-13H2,1H3. The number of aryl methyl sites for hydroxylation is 1. The molecule has 25 heavy (non-hydrogen) atoms. The van der Waals surface area contributed by atoms with Crippen molar-refractivity contribution in [2.45, 2.75) is 26.1 Å². The second kappa shape index (κ2) is 7.16. The van der Waals surface area contributed by atoms with Gasteiger partial charge in [-0.25, -0.2) is 0 Å². The van der Waals surface area contributed by atoms with Gasteiger partial charge in [0.15, 0.2) is 0 Å². The first-order valence-electron chi connectivity index (χ1n) is 8.56. The summed E-state index contributed by atoms with van der Waals surface area (Å²) in [5.74, 6) is 1.26. The fourth-order valence-corrected chi connectivity index (χ4v) is 2.98. The van der Waals surface area contributed by atoms with Crippen molar-refractivity contribution in [2.75, 3.05) is 19.7 Å². The average Bonchev–Trinajstić information content (AvgIpc) is 3.32. The number of morpholine rings is 1. The van der Waals surface area contributed by atoms with Gasteiger partial charge in [0.05, 0.1) is 25.5 Å². The molecule has 2 aromatic heterocycles. The third kappa shape index (κ3) is 3.62. The van der Waals surface area contributed by atoms with E-state index in [9.17, 15) is 0 Å². The Balaban J connectivity index is 1.41. The minimum atomic E-state index is 0.0329. The van der Waals surface area contributed by atoms with Crippen molar-refractivity contribution in [1.82, 2.24) is 24.8 Å². The van der Waals surface area contributed by atoms with Crippen molar-refractivity contribution in [3.8, 4) is 11.4 Å². The number of hydrogen-bond donors (Lipinski definition) is 0. The predicted octanol–water partition coefficient (Wildman–Crippen LogP) is 2.53. The Morgan fingerprint density at radius 1 is 1.24 bits per heavy atom. The zero-order chi connectivity index (χ0) is 17.1. The lowest BCUT2D eigenvalue weighted by Crippen LogP contribution is -2.37. The molecule has 0 bridgehead atoms. The monoisotopic (exact) mass is 339 g/mol. The normalized spacial score (nSPS) is 18.5. The number of aromatic nitrogens is 4. The van der Waals surface area contributed by atoms with Gasteiger partial charge in [-0.15, -0.1) is 0 Å². The van der Waals surface area contributed by atoms with Gasteiger partial charge in [0.1, 0.15) is 0 Å². The first-order chi connectivity index (χ1) is 12.3. The topological polar surface area (TPSA) is 69.2 Å². The SMILES string of the molecule is CCn1cc(C2CN(Cc3nc(-c4ccccc4)no3)CCO2)cn1. The van der Waals surface area contributed by atoms with Crippen LogP contribution in [0.15, 0.2) is 47.2 Å². The van der Waals surface area contributed by atoms with Crippen LogP contribution in [0.5, 0.6) is 0 Å². The minimum Gasteiger partial charge on any atom is -0.371 e. The van der Waals surface area contributed by atoms with E-state index in [1.165, 1.54) is 0 Å². The van der Waals surface area contributed by atoms with E-state index in [2.05, 4.69) is 27.1 Å². The van der Waals surface area contributed by atoms with Crippen LogP contribution >= 0.6 is 0 Å². The summed E-state index contributed by atoms with van der Waals surface area (Å²) in [6.07, 6.45) is 3.97. The number of nitrogens with zero attached hydrogens (tertiary/aromatic N) is 5. The van der Waals surface area contributed by atoms with Gasteiger partial charge in [-0.2, -0.15) is 10.1 Å². The van der Waals surface area contributed by atoms with Gasteiger partial charge in [0, 0.05) is 37.0 Å². The summed E-state index contributed by atoms with van der Waals surface area (Å²) < 4.78 is 13.2. The molecule has 1 fully saturated rings. The molecule has 130 valence electrons. The molecule has 0 radical (unpaired) electrons. The molecule has 1 aliphatic rings. The molecule has 7 heteroatoms. The number of hydrogen-bond acceptors (Lipinski definition) is 6. The second-order valence-corrected chi connectivity index (χ2v) is 6.10. The largest absolute Gasteiger partial charge is 0.371 e. The van der Waals surface area contributed by atoms with E-state index >= 15 is 0 Å². The summed E-state index contributed by atoms with van der Waals surface area (Å²) in [6.45, 7) is 5.88. The van der Waals surface area contributed by atoms with E-state index in [0.717, 1.165) is 30.8 Å². The van der Waals surface area contributed by atoms with Gasteiger partial charge < -0.3 is 9.26 Å². The van der Waals surface area contributed by atoms with Crippen LogP contribution in [-0.2, 0) is 17.8 Å². The smallest absolute Gasteiger partial charge is 0.241 e. The highest BCUT2D eigenvalue weighted by molar-refractivity contribution is 5.53. The molecule has 0 saturated carbocycles. The van der Waals surface area contributed by atoms with Crippen molar-refractivity contribution in [2.24, 2.45) is 0 Å². The molecule has 7 nitrogen and oxygen atoms in total. The number of rotatable bonds is 5. The number of ether oxygens (including phenoxy) is 1. The molecule has 1 atom stereocenters. The molecule has 0 N–H and O–H groups in total. The molecule has 1 saturated heterocycles. The summed E-state index contributed by atoms with van der Waals surface area (Å²) in [6, 6.07) is 9.86. The maximum Gasteiger partial charge on any atom is 0.241 e. The molecule has 0 amide bonds. The Bertz CT molecular complexity index is 814. The zero-order valence-electron chi connectivity index (χ0n) is 14.2. The van der Waals surface area contributed by atoms with Gasteiger partial charge in [0.25, 0.3) is 0 Å². The van der Waals surface area contributed by atoms with E-state index in [4.69, 9.17) is 9.26 Å². The quantitative estimate of drug-likeness (QED) is 0.711. The van der Waals surface area contributed by atoms with E-state index in [-0.39, 0.29) is 6.10 Å². The minimum absolute atomic E-state index is 0.0329. The maximum absolute atomic E-state index is 5.90. The average molecular weight is 339 g/mol. The van der Waals surface area contributed by atoms with Gasteiger partial charge in [-0.05, 0) is 6.92 Å². The van der Waals surface area contributed by atoms with E-state index in [0.29, 0.717) is 24.9 Å². The summed E-state index contributed by atoms with van der Waals surface area (Å²) in [5.41, 5.74) is 2.08. The van der Waals surface area contributed by atoms with Crippen LogP contribution in [-0.4, -0.2) is 44.5 Å². The Morgan fingerprint density at radius 3 is 2.92 bits per heavy atom. The summed E-state index contributed by atoms with van der Waals surface area (Å²) in [7, 11) is 0. The van der Waals surface area contributed by atoms with Crippen molar-refractivity contribution < 1.29 is 9.26 Å². The van der Waals surface area contributed by atoms with E-state index < -0.39 is 0 Å². The first kappa shape index (κ1) is 16.0. The summed E-state index contributed by atoms with van der Waals surface area (Å²) in [4.78, 5) is 6.79. The molecular weight excluding hydrogens is 318 g/mol. The highest BCUT2D eigenvalue weighted by atomic mass is 16.5. The van der Waals surface area contributed by atoms with Crippen LogP contribution in [0, 0.1) is 0 Å². The van der Waals surface area contributed by atoms with Crippen molar-refractivity contribution in [3.63, 3.8) is 0 Å². The summed E-state index contributed by atoms with van der Waals surface area (Å²) >= 11 is 0. The van der Waals surface area contributed by atoms with Crippen LogP contribution in [0.4, 0.5) is 0 Å². The number of benzene rings is 1. The molecule has 0 aliphatic carbocycles. The van der Waals surface area contributed by atoms with E-state index in [1.54, 1.807) is 0 Å². The molecule has 4 rings (SSSR count). The van der Waals surface area contributed by atoms with Crippen LogP contribution in [0.3, 0.4) is 0 Å². The van der Waals surface area contributed by atoms with Crippen LogP contribution < -0.4 is 0 Å². The molecular formula is C18H21N5O2. The van der Waals surface area contributed by atoms with Crippen LogP contribution in [0.2, 0.25) is 0 Å². The molecule has 3 aromatic rings. The molecule has 0 spiro atoms. The fourth-order valence-electron chi connectivity index (χ4n) is 2.98. The zero-order valence-corrected chi connectivity index (χ0v) is 14.2. The highest BCUT2D eigenvalue weighted by Gasteiger charge is 2.24. The maximum atomic E-state index is 5.90. The molecule has 1 aliphatic heterocycles. The third-order valence-electron chi connectivity index (χ3n) is 4.36. The summed E-state index contributed by atoms with van der Waals surface area (Å²) in [5, 5.41) is 8.42. The molecule has 1 aromatic carbocycles. The predicted molar refractivity (Wildman–Crippen MR) is 91.6 cm³/mol. The lowest BCUT2D eigenvalue weighted by Gasteiger charge is -2.31.